The van der Waals surface area contributed by atoms with E-state index in [1.165, 1.54) is 61.8 Å². The Kier molecular flexibility index (Phi) is 12.7. The summed E-state index contributed by atoms with van der Waals surface area (Å²) in [7, 11) is 0. The Bertz CT molecular complexity index is 837. The number of piperidine rings is 1. The lowest BCUT2D eigenvalue weighted by molar-refractivity contribution is -0.118. The molecule has 1 fully saturated rings. The molecule has 2 amide bonds. The van der Waals surface area contributed by atoms with Crippen molar-refractivity contribution in [1.82, 2.24) is 5.48 Å². The molecule has 0 aromatic heterocycles. The van der Waals surface area contributed by atoms with Crippen LogP contribution in [0.2, 0.25) is 0 Å². The Hall–Kier alpha value is -2.93. The standard InChI is InChI=1S/C26H35FN2O.CH3NO2/c1-2-3-4-5-9-20-29(26(30)21-22-10-12-23(27)13-11-22)25-16-14-24(15-17-25)28-18-7-6-8-19-28;3-1-2-4/h10-17H,2-9,18-21H2,1H3;1,4H,(H,2,3). The van der Waals surface area contributed by atoms with E-state index in [0.29, 0.717) is 6.42 Å². The molecule has 0 unspecified atom stereocenters. The second kappa shape index (κ2) is 15.8. The van der Waals surface area contributed by atoms with Crippen molar-refractivity contribution in [2.45, 2.75) is 64.7 Å². The Morgan fingerprint density at radius 1 is 1.00 bits per heavy atom. The molecule has 1 saturated heterocycles. The van der Waals surface area contributed by atoms with Crippen LogP contribution in [0.25, 0.3) is 0 Å². The number of rotatable bonds is 11. The first-order valence-electron chi connectivity index (χ1n) is 12.3. The lowest BCUT2D eigenvalue weighted by Crippen LogP contribution is -2.33. The summed E-state index contributed by atoms with van der Waals surface area (Å²) in [5.41, 5.74) is 4.30. The zero-order valence-corrected chi connectivity index (χ0v) is 20.2. The highest BCUT2D eigenvalue weighted by molar-refractivity contribution is 5.94. The number of nitrogens with one attached hydrogen (secondary N) is 1. The molecule has 0 radical (unpaired) electrons. The molecule has 2 N–H and O–H groups in total. The number of nitrogens with zero attached hydrogens (tertiary/aromatic N) is 2. The first kappa shape index (κ1) is 27.3. The second-order valence-corrected chi connectivity index (χ2v) is 8.57. The average molecular weight is 472 g/mol. The van der Waals surface area contributed by atoms with Crippen LogP contribution in [0.4, 0.5) is 15.8 Å². The Morgan fingerprint density at radius 2 is 1.62 bits per heavy atom. The van der Waals surface area contributed by atoms with Crippen LogP contribution in [0.3, 0.4) is 0 Å². The largest absolute Gasteiger partial charge is 0.372 e. The van der Waals surface area contributed by atoms with Gasteiger partial charge in [0.2, 0.25) is 12.3 Å². The van der Waals surface area contributed by atoms with Crippen LogP contribution in [-0.4, -0.2) is 37.2 Å². The van der Waals surface area contributed by atoms with Crippen molar-refractivity contribution in [2.75, 3.05) is 29.4 Å². The van der Waals surface area contributed by atoms with Gasteiger partial charge in [0.05, 0.1) is 6.42 Å². The lowest BCUT2D eigenvalue weighted by Gasteiger charge is -2.29. The highest BCUT2D eigenvalue weighted by atomic mass is 19.1. The monoisotopic (exact) mass is 471 g/mol. The third-order valence-electron chi connectivity index (χ3n) is 5.99. The van der Waals surface area contributed by atoms with Crippen LogP contribution in [0.1, 0.15) is 63.9 Å². The zero-order valence-electron chi connectivity index (χ0n) is 20.2. The van der Waals surface area contributed by atoms with Gasteiger partial charge in [0.25, 0.3) is 0 Å². The number of hydroxylamine groups is 1. The summed E-state index contributed by atoms with van der Waals surface area (Å²) in [5, 5.41) is 7.26. The molecule has 6 nitrogen and oxygen atoms in total. The van der Waals surface area contributed by atoms with Gasteiger partial charge in [-0.3, -0.25) is 14.8 Å². The molecule has 7 heteroatoms. The predicted molar refractivity (Wildman–Crippen MR) is 135 cm³/mol. The van der Waals surface area contributed by atoms with E-state index in [0.717, 1.165) is 43.7 Å². The van der Waals surface area contributed by atoms with Crippen LogP contribution in [0.15, 0.2) is 48.5 Å². The zero-order chi connectivity index (χ0) is 24.6. The van der Waals surface area contributed by atoms with Gasteiger partial charge in [-0.25, -0.2) is 9.87 Å². The summed E-state index contributed by atoms with van der Waals surface area (Å²) in [4.78, 5) is 26.3. The van der Waals surface area contributed by atoms with Crippen LogP contribution >= 0.6 is 0 Å². The van der Waals surface area contributed by atoms with Crippen molar-refractivity contribution in [1.29, 1.82) is 0 Å². The van der Waals surface area contributed by atoms with E-state index in [4.69, 9.17) is 10.0 Å². The predicted octanol–water partition coefficient (Wildman–Crippen LogP) is 5.48. The Morgan fingerprint density at radius 3 is 2.21 bits per heavy atom. The minimum Gasteiger partial charge on any atom is -0.372 e. The topological polar surface area (TPSA) is 72.9 Å². The highest BCUT2D eigenvalue weighted by Crippen LogP contribution is 2.25. The van der Waals surface area contributed by atoms with E-state index in [2.05, 4.69) is 36.1 Å². The van der Waals surface area contributed by atoms with Crippen molar-refractivity contribution in [3.63, 3.8) is 0 Å². The molecule has 1 heterocycles. The summed E-state index contributed by atoms with van der Waals surface area (Å²) in [5.74, 6) is -0.199. The molecule has 0 aliphatic carbocycles. The van der Waals surface area contributed by atoms with E-state index < -0.39 is 0 Å². The molecule has 0 saturated carbocycles. The minimum atomic E-state index is -0.271. The van der Waals surface area contributed by atoms with Crippen LogP contribution in [-0.2, 0) is 16.0 Å². The molecule has 2 aromatic rings. The molecule has 2 aromatic carbocycles. The Labute approximate surface area is 202 Å². The number of carbonyl (C=O) groups is 2. The Balaban J connectivity index is 0.000000945. The second-order valence-electron chi connectivity index (χ2n) is 8.57. The smallest absolute Gasteiger partial charge is 0.231 e. The molecule has 1 aliphatic heterocycles. The SMILES string of the molecule is CCCCCCCN(C(=O)Cc1ccc(F)cc1)c1ccc(N2CCCCC2)cc1.O=CNO. The maximum absolute atomic E-state index is 13.2. The third-order valence-corrected chi connectivity index (χ3v) is 5.99. The minimum absolute atomic E-state index is 0.0721. The summed E-state index contributed by atoms with van der Waals surface area (Å²) < 4.78 is 13.2. The van der Waals surface area contributed by atoms with Gasteiger partial charge in [-0.05, 0) is 67.6 Å². The molecule has 186 valence electrons. The summed E-state index contributed by atoms with van der Waals surface area (Å²) in [6.45, 7) is 5.17. The summed E-state index contributed by atoms with van der Waals surface area (Å²) >= 11 is 0. The van der Waals surface area contributed by atoms with Gasteiger partial charge in [0.1, 0.15) is 5.82 Å². The van der Waals surface area contributed by atoms with E-state index in [1.54, 1.807) is 12.1 Å². The maximum atomic E-state index is 13.2. The highest BCUT2D eigenvalue weighted by Gasteiger charge is 2.17. The number of hydrogen-bond acceptors (Lipinski definition) is 4. The molecule has 0 atom stereocenters. The van der Waals surface area contributed by atoms with Gasteiger partial charge >= 0.3 is 0 Å². The maximum Gasteiger partial charge on any atom is 0.231 e. The summed E-state index contributed by atoms with van der Waals surface area (Å²) in [6.07, 6.45) is 10.1. The molecule has 1 aliphatic rings. The number of anilines is 2. The van der Waals surface area contributed by atoms with E-state index >= 15 is 0 Å². The lowest BCUT2D eigenvalue weighted by atomic mass is 10.1. The number of amides is 2. The number of unbranched alkanes of at least 4 members (excludes halogenated alkanes) is 4. The fraction of sp³-hybridized carbons (Fsp3) is 0.481. The number of carbonyl (C=O) groups excluding carboxylic acids is 2. The van der Waals surface area contributed by atoms with Crippen molar-refractivity contribution in [2.24, 2.45) is 0 Å². The fourth-order valence-corrected chi connectivity index (χ4v) is 4.14. The van der Waals surface area contributed by atoms with Crippen molar-refractivity contribution in [3.8, 4) is 0 Å². The molecular formula is C27H38FN3O3. The fourth-order valence-electron chi connectivity index (χ4n) is 4.14. The summed E-state index contributed by atoms with van der Waals surface area (Å²) in [6, 6.07) is 14.7. The van der Waals surface area contributed by atoms with Gasteiger partial charge in [0.15, 0.2) is 0 Å². The molecule has 0 bridgehead atoms. The van der Waals surface area contributed by atoms with Gasteiger partial charge in [-0.1, -0.05) is 44.7 Å². The molecule has 3 rings (SSSR count). The first-order valence-corrected chi connectivity index (χ1v) is 12.3. The van der Waals surface area contributed by atoms with Gasteiger partial charge in [0, 0.05) is 31.0 Å². The normalized spacial score (nSPS) is 13.0. The third kappa shape index (κ3) is 9.51. The number of halogens is 1. The van der Waals surface area contributed by atoms with Crippen LogP contribution in [0.5, 0.6) is 0 Å². The van der Waals surface area contributed by atoms with Crippen molar-refractivity contribution in [3.05, 3.63) is 59.9 Å². The quantitative estimate of drug-likeness (QED) is 0.197. The van der Waals surface area contributed by atoms with Crippen LogP contribution < -0.4 is 15.3 Å². The van der Waals surface area contributed by atoms with Gasteiger partial charge < -0.3 is 9.80 Å². The van der Waals surface area contributed by atoms with E-state index in [-0.39, 0.29) is 18.1 Å². The molecule has 34 heavy (non-hydrogen) atoms. The number of benzene rings is 2. The van der Waals surface area contributed by atoms with E-state index in [9.17, 15) is 9.18 Å². The van der Waals surface area contributed by atoms with Gasteiger partial charge in [-0.2, -0.15) is 0 Å². The number of hydrogen-bond donors (Lipinski definition) is 2. The van der Waals surface area contributed by atoms with Gasteiger partial charge in [-0.15, -0.1) is 0 Å². The first-order chi connectivity index (χ1) is 16.6. The molecular weight excluding hydrogens is 433 g/mol. The van der Waals surface area contributed by atoms with E-state index in [1.807, 2.05) is 4.90 Å². The average Bonchev–Trinajstić information content (AvgIpc) is 2.88. The van der Waals surface area contributed by atoms with Crippen molar-refractivity contribution >= 4 is 23.7 Å². The van der Waals surface area contributed by atoms with Crippen LogP contribution in [0, 0.1) is 5.82 Å². The van der Waals surface area contributed by atoms with Crippen molar-refractivity contribution < 1.29 is 19.2 Å². The molecule has 0 spiro atoms.